The zero-order chi connectivity index (χ0) is 13.9. The number of rotatable bonds is 3. The smallest absolute Gasteiger partial charge is 0.0628 e. The van der Waals surface area contributed by atoms with Crippen LogP contribution in [0.2, 0.25) is 0 Å². The Labute approximate surface area is 123 Å². The fourth-order valence-electron chi connectivity index (χ4n) is 3.75. The van der Waals surface area contributed by atoms with Crippen molar-refractivity contribution in [1.82, 2.24) is 9.80 Å². The molecule has 1 aromatic carbocycles. The van der Waals surface area contributed by atoms with E-state index in [9.17, 15) is 0 Å². The lowest BCUT2D eigenvalue weighted by molar-refractivity contribution is 0.0807. The first kappa shape index (κ1) is 13.8. The molecule has 0 spiro atoms. The SMILES string of the molecule is C=C(c1ccccc1)C(C)N1CCCCN2CCCC21. The monoisotopic (exact) mass is 270 g/mol. The highest BCUT2D eigenvalue weighted by Gasteiger charge is 2.34. The summed E-state index contributed by atoms with van der Waals surface area (Å²) in [6.07, 6.45) is 5.99. The molecule has 2 fully saturated rings. The van der Waals surface area contributed by atoms with Crippen LogP contribution in [0.25, 0.3) is 5.57 Å². The topological polar surface area (TPSA) is 6.48 Å². The van der Waals surface area contributed by atoms with E-state index in [0.717, 1.165) is 0 Å². The Kier molecular flexibility index (Phi) is 4.23. The van der Waals surface area contributed by atoms with Crippen molar-refractivity contribution in [2.24, 2.45) is 0 Å². The summed E-state index contributed by atoms with van der Waals surface area (Å²) in [7, 11) is 0. The molecule has 0 aliphatic carbocycles. The van der Waals surface area contributed by atoms with Gasteiger partial charge in [-0.25, -0.2) is 0 Å². The van der Waals surface area contributed by atoms with Crippen LogP contribution in [-0.2, 0) is 0 Å². The molecule has 0 amide bonds. The molecule has 2 heteroatoms. The van der Waals surface area contributed by atoms with Crippen LogP contribution in [0.5, 0.6) is 0 Å². The Balaban J connectivity index is 1.78. The molecule has 1 aromatic rings. The van der Waals surface area contributed by atoms with Gasteiger partial charge in [0.2, 0.25) is 0 Å². The van der Waals surface area contributed by atoms with Gasteiger partial charge < -0.3 is 0 Å². The van der Waals surface area contributed by atoms with Gasteiger partial charge in [-0.1, -0.05) is 36.9 Å². The minimum absolute atomic E-state index is 0.432. The van der Waals surface area contributed by atoms with E-state index in [1.165, 1.54) is 56.5 Å². The van der Waals surface area contributed by atoms with E-state index in [1.54, 1.807) is 0 Å². The number of benzene rings is 1. The number of nitrogens with zero attached hydrogens (tertiary/aromatic N) is 2. The highest BCUT2D eigenvalue weighted by Crippen LogP contribution is 2.30. The predicted molar refractivity (Wildman–Crippen MR) is 85.5 cm³/mol. The van der Waals surface area contributed by atoms with Crippen molar-refractivity contribution in [1.29, 1.82) is 0 Å². The second-order valence-corrected chi connectivity index (χ2v) is 6.17. The molecular formula is C18H26N2. The molecule has 2 aliphatic heterocycles. The minimum atomic E-state index is 0.432. The molecule has 2 saturated heterocycles. The van der Waals surface area contributed by atoms with Crippen molar-refractivity contribution in [3.05, 3.63) is 42.5 Å². The lowest BCUT2D eigenvalue weighted by Gasteiger charge is -2.38. The van der Waals surface area contributed by atoms with E-state index >= 15 is 0 Å². The van der Waals surface area contributed by atoms with Crippen LogP contribution in [0.4, 0.5) is 0 Å². The summed E-state index contributed by atoms with van der Waals surface area (Å²) in [5, 5.41) is 0. The second kappa shape index (κ2) is 6.11. The first-order valence-electron chi connectivity index (χ1n) is 8.01. The Morgan fingerprint density at radius 2 is 1.80 bits per heavy atom. The lowest BCUT2D eigenvalue weighted by atomic mass is 9.99. The van der Waals surface area contributed by atoms with Crippen molar-refractivity contribution in [2.45, 2.75) is 44.8 Å². The highest BCUT2D eigenvalue weighted by molar-refractivity contribution is 5.67. The second-order valence-electron chi connectivity index (χ2n) is 6.17. The number of hydrogen-bond donors (Lipinski definition) is 0. The van der Waals surface area contributed by atoms with E-state index in [1.807, 2.05) is 0 Å². The third-order valence-corrected chi connectivity index (χ3v) is 4.97. The largest absolute Gasteiger partial charge is 0.288 e. The van der Waals surface area contributed by atoms with Crippen LogP contribution in [0.3, 0.4) is 0 Å². The van der Waals surface area contributed by atoms with E-state index < -0.39 is 0 Å². The molecular weight excluding hydrogens is 244 g/mol. The van der Waals surface area contributed by atoms with Gasteiger partial charge in [-0.05, 0) is 56.8 Å². The molecule has 0 radical (unpaired) electrons. The van der Waals surface area contributed by atoms with Crippen molar-refractivity contribution < 1.29 is 0 Å². The van der Waals surface area contributed by atoms with Gasteiger partial charge in [-0.2, -0.15) is 0 Å². The third-order valence-electron chi connectivity index (χ3n) is 4.97. The molecule has 0 N–H and O–H groups in total. The number of fused-ring (bicyclic) bond motifs is 1. The zero-order valence-electron chi connectivity index (χ0n) is 12.6. The van der Waals surface area contributed by atoms with Gasteiger partial charge in [0, 0.05) is 12.6 Å². The van der Waals surface area contributed by atoms with Crippen LogP contribution in [0.15, 0.2) is 36.9 Å². The van der Waals surface area contributed by atoms with E-state index in [2.05, 4.69) is 53.6 Å². The molecule has 0 bridgehead atoms. The molecule has 20 heavy (non-hydrogen) atoms. The number of hydrogen-bond acceptors (Lipinski definition) is 2. The minimum Gasteiger partial charge on any atom is -0.288 e. The molecule has 2 unspecified atom stereocenters. The first-order chi connectivity index (χ1) is 9.77. The summed E-state index contributed by atoms with van der Waals surface area (Å²) in [5.41, 5.74) is 2.55. The van der Waals surface area contributed by atoms with Crippen molar-refractivity contribution >= 4 is 5.57 Å². The highest BCUT2D eigenvalue weighted by atomic mass is 15.4. The molecule has 2 aliphatic rings. The summed E-state index contributed by atoms with van der Waals surface area (Å²) < 4.78 is 0. The van der Waals surface area contributed by atoms with Crippen LogP contribution >= 0.6 is 0 Å². The fraction of sp³-hybridized carbons (Fsp3) is 0.556. The summed E-state index contributed by atoms with van der Waals surface area (Å²) in [6.45, 7) is 10.5. The van der Waals surface area contributed by atoms with Crippen LogP contribution in [-0.4, -0.2) is 41.6 Å². The predicted octanol–water partition coefficient (Wildman–Crippen LogP) is 3.61. The molecule has 2 nitrogen and oxygen atoms in total. The molecule has 3 rings (SSSR count). The third kappa shape index (κ3) is 2.68. The maximum absolute atomic E-state index is 4.38. The van der Waals surface area contributed by atoms with Gasteiger partial charge in [0.1, 0.15) is 0 Å². The van der Waals surface area contributed by atoms with Gasteiger partial charge in [0.25, 0.3) is 0 Å². The van der Waals surface area contributed by atoms with Gasteiger partial charge in [0.15, 0.2) is 0 Å². The van der Waals surface area contributed by atoms with Crippen LogP contribution in [0.1, 0.15) is 38.2 Å². The molecule has 0 aromatic heterocycles. The average molecular weight is 270 g/mol. The van der Waals surface area contributed by atoms with E-state index in [-0.39, 0.29) is 0 Å². The van der Waals surface area contributed by atoms with Gasteiger partial charge in [0.05, 0.1) is 6.17 Å². The summed E-state index contributed by atoms with van der Waals surface area (Å²) in [6, 6.07) is 11.1. The Bertz CT molecular complexity index is 454. The van der Waals surface area contributed by atoms with Crippen LogP contribution in [0, 0.1) is 0 Å². The Morgan fingerprint density at radius 1 is 1.10 bits per heavy atom. The van der Waals surface area contributed by atoms with Crippen molar-refractivity contribution in [3.8, 4) is 0 Å². The average Bonchev–Trinajstić information content (AvgIpc) is 2.86. The lowest BCUT2D eigenvalue weighted by Crippen LogP contribution is -2.47. The van der Waals surface area contributed by atoms with Crippen molar-refractivity contribution in [2.75, 3.05) is 19.6 Å². The first-order valence-corrected chi connectivity index (χ1v) is 8.01. The van der Waals surface area contributed by atoms with Gasteiger partial charge in [-0.3, -0.25) is 9.80 Å². The maximum atomic E-state index is 4.38. The fourth-order valence-corrected chi connectivity index (χ4v) is 3.75. The van der Waals surface area contributed by atoms with Gasteiger partial charge in [-0.15, -0.1) is 0 Å². The van der Waals surface area contributed by atoms with Crippen molar-refractivity contribution in [3.63, 3.8) is 0 Å². The Morgan fingerprint density at radius 3 is 2.60 bits per heavy atom. The molecule has 108 valence electrons. The van der Waals surface area contributed by atoms with E-state index in [0.29, 0.717) is 12.2 Å². The Hall–Kier alpha value is -1.12. The van der Waals surface area contributed by atoms with Gasteiger partial charge >= 0.3 is 0 Å². The van der Waals surface area contributed by atoms with E-state index in [4.69, 9.17) is 0 Å². The van der Waals surface area contributed by atoms with Crippen LogP contribution < -0.4 is 0 Å². The summed E-state index contributed by atoms with van der Waals surface area (Å²) in [4.78, 5) is 5.37. The summed E-state index contributed by atoms with van der Waals surface area (Å²) in [5.74, 6) is 0. The molecule has 0 saturated carbocycles. The molecule has 2 heterocycles. The standard InChI is InChI=1S/C18H26N2/c1-15(17-9-4-3-5-10-17)16(2)20-14-7-6-12-19-13-8-11-18(19)20/h3-5,9-10,16,18H,1,6-8,11-14H2,2H3. The zero-order valence-corrected chi connectivity index (χ0v) is 12.6. The normalized spacial score (nSPS) is 25.9. The quantitative estimate of drug-likeness (QED) is 0.828. The molecule has 2 atom stereocenters. The summed E-state index contributed by atoms with van der Waals surface area (Å²) >= 11 is 0. The maximum Gasteiger partial charge on any atom is 0.0628 e.